The van der Waals surface area contributed by atoms with Gasteiger partial charge in [-0.15, -0.1) is 15.3 Å². The number of fused-ring (bicyclic) bond motifs is 2. The molecule has 0 saturated heterocycles. The first-order valence-electron chi connectivity index (χ1n) is 10.8. The largest absolute Gasteiger partial charge is 0.497 e. The maximum atomic E-state index is 12.5. The van der Waals surface area contributed by atoms with Gasteiger partial charge in [0.2, 0.25) is 11.8 Å². The summed E-state index contributed by atoms with van der Waals surface area (Å²) in [4.78, 5) is 29.0. The van der Waals surface area contributed by atoms with Crippen LogP contribution in [-0.4, -0.2) is 55.5 Å². The number of nitrogens with zero attached hydrogens (tertiary/aromatic N) is 6. The van der Waals surface area contributed by atoms with Gasteiger partial charge in [0.05, 0.1) is 30.9 Å². The fourth-order valence-electron chi connectivity index (χ4n) is 3.54. The summed E-state index contributed by atoms with van der Waals surface area (Å²) in [6.07, 6.45) is 1.37. The molecule has 0 bridgehead atoms. The Hall–Kier alpha value is -4.80. The molecule has 1 amide bonds. The topological polar surface area (TPSA) is 126 Å². The van der Waals surface area contributed by atoms with E-state index >= 15 is 0 Å². The molecular formula is C24H21N7O4. The Balaban J connectivity index is 1.19. The van der Waals surface area contributed by atoms with E-state index in [0.29, 0.717) is 28.3 Å². The lowest BCUT2D eigenvalue weighted by atomic mass is 10.2. The van der Waals surface area contributed by atoms with Crippen LogP contribution in [0, 0.1) is 0 Å². The molecule has 11 heteroatoms. The first kappa shape index (κ1) is 22.0. The predicted octanol–water partition coefficient (Wildman–Crippen LogP) is 1.70. The maximum Gasteiger partial charge on any atom is 0.261 e. The molecule has 3 aromatic heterocycles. The van der Waals surface area contributed by atoms with E-state index < -0.39 is 0 Å². The Morgan fingerprint density at radius 2 is 1.86 bits per heavy atom. The third-order valence-electron chi connectivity index (χ3n) is 5.31. The minimum atomic E-state index is -0.322. The molecular weight excluding hydrogens is 450 g/mol. The highest BCUT2D eigenvalue weighted by molar-refractivity contribution is 5.78. The number of hydrogen-bond donors (Lipinski definition) is 1. The third kappa shape index (κ3) is 4.64. The molecule has 5 aromatic rings. The fourth-order valence-corrected chi connectivity index (χ4v) is 3.54. The van der Waals surface area contributed by atoms with Crippen LogP contribution >= 0.6 is 0 Å². The molecule has 176 valence electrons. The minimum Gasteiger partial charge on any atom is -0.497 e. The van der Waals surface area contributed by atoms with Crippen molar-refractivity contribution in [3.05, 3.63) is 77.3 Å². The molecule has 0 fully saturated rings. The van der Waals surface area contributed by atoms with Crippen LogP contribution in [0.15, 0.2) is 71.8 Å². The zero-order chi connectivity index (χ0) is 24.2. The van der Waals surface area contributed by atoms with Gasteiger partial charge < -0.3 is 14.8 Å². The van der Waals surface area contributed by atoms with Crippen molar-refractivity contribution in [2.24, 2.45) is 0 Å². The van der Waals surface area contributed by atoms with Crippen molar-refractivity contribution in [3.63, 3.8) is 0 Å². The fraction of sp³-hybridized carbons (Fsp3) is 0.167. The summed E-state index contributed by atoms with van der Waals surface area (Å²) >= 11 is 0. The molecule has 0 saturated carbocycles. The molecule has 35 heavy (non-hydrogen) atoms. The van der Waals surface area contributed by atoms with Crippen molar-refractivity contribution < 1.29 is 14.3 Å². The van der Waals surface area contributed by atoms with Crippen LogP contribution in [0.5, 0.6) is 11.6 Å². The molecule has 0 unspecified atom stereocenters. The average molecular weight is 471 g/mol. The van der Waals surface area contributed by atoms with Crippen molar-refractivity contribution in [1.82, 2.24) is 34.7 Å². The van der Waals surface area contributed by atoms with Gasteiger partial charge in [0.25, 0.3) is 5.56 Å². The Morgan fingerprint density at radius 3 is 2.69 bits per heavy atom. The van der Waals surface area contributed by atoms with E-state index in [1.807, 2.05) is 30.3 Å². The van der Waals surface area contributed by atoms with Gasteiger partial charge in [-0.2, -0.15) is 4.52 Å². The van der Waals surface area contributed by atoms with Gasteiger partial charge in [-0.3, -0.25) is 14.2 Å². The van der Waals surface area contributed by atoms with Gasteiger partial charge in [-0.25, -0.2) is 4.98 Å². The number of benzene rings is 2. The second-order valence-electron chi connectivity index (χ2n) is 7.59. The van der Waals surface area contributed by atoms with Crippen molar-refractivity contribution in [3.8, 4) is 23.0 Å². The van der Waals surface area contributed by atoms with Gasteiger partial charge in [-0.05, 0) is 42.5 Å². The van der Waals surface area contributed by atoms with E-state index in [-0.39, 0.29) is 31.2 Å². The molecule has 2 aromatic carbocycles. The van der Waals surface area contributed by atoms with Gasteiger partial charge in [-0.1, -0.05) is 12.1 Å². The monoisotopic (exact) mass is 471 g/mol. The molecule has 11 nitrogen and oxygen atoms in total. The molecule has 0 atom stereocenters. The Labute approximate surface area is 199 Å². The molecule has 5 rings (SSSR count). The standard InChI is InChI=1S/C24H21N7O4/c1-34-17-8-6-16(7-9-17)23-28-27-20-10-11-22(29-31(20)23)35-13-12-25-21(32)14-30-15-26-19-5-3-2-4-18(19)24(30)33/h2-11,15H,12-14H2,1H3,(H,25,32). The van der Waals surface area contributed by atoms with E-state index in [1.54, 1.807) is 42.0 Å². The third-order valence-corrected chi connectivity index (χ3v) is 5.31. The minimum absolute atomic E-state index is 0.132. The van der Waals surface area contributed by atoms with Crippen LogP contribution in [0.4, 0.5) is 0 Å². The lowest BCUT2D eigenvalue weighted by Gasteiger charge is -2.09. The van der Waals surface area contributed by atoms with Crippen molar-refractivity contribution >= 4 is 22.5 Å². The number of methoxy groups -OCH3 is 1. The van der Waals surface area contributed by atoms with E-state index in [4.69, 9.17) is 9.47 Å². The first-order valence-corrected chi connectivity index (χ1v) is 10.8. The van der Waals surface area contributed by atoms with Gasteiger partial charge in [0.15, 0.2) is 11.5 Å². The predicted molar refractivity (Wildman–Crippen MR) is 127 cm³/mol. The maximum absolute atomic E-state index is 12.5. The van der Waals surface area contributed by atoms with E-state index in [0.717, 1.165) is 11.3 Å². The second-order valence-corrected chi connectivity index (χ2v) is 7.59. The lowest BCUT2D eigenvalue weighted by molar-refractivity contribution is -0.121. The smallest absolute Gasteiger partial charge is 0.261 e. The van der Waals surface area contributed by atoms with E-state index in [9.17, 15) is 9.59 Å². The lowest BCUT2D eigenvalue weighted by Crippen LogP contribution is -2.34. The number of hydrogen-bond acceptors (Lipinski definition) is 8. The average Bonchev–Trinajstić information content (AvgIpc) is 3.32. The SMILES string of the molecule is COc1ccc(-c2nnc3ccc(OCCNC(=O)Cn4cnc5ccccc5c4=O)nn23)cc1. The first-order chi connectivity index (χ1) is 17.1. The van der Waals surface area contributed by atoms with Gasteiger partial charge >= 0.3 is 0 Å². The molecule has 0 aliphatic heterocycles. The number of carbonyl (C=O) groups is 1. The van der Waals surface area contributed by atoms with Gasteiger partial charge in [0, 0.05) is 11.6 Å². The summed E-state index contributed by atoms with van der Waals surface area (Å²) in [6, 6.07) is 17.9. The van der Waals surface area contributed by atoms with E-state index in [1.165, 1.54) is 10.9 Å². The van der Waals surface area contributed by atoms with Crippen molar-refractivity contribution in [2.75, 3.05) is 20.3 Å². The number of rotatable bonds is 8. The number of aromatic nitrogens is 6. The van der Waals surface area contributed by atoms with Crippen molar-refractivity contribution in [2.45, 2.75) is 6.54 Å². The van der Waals surface area contributed by atoms with Crippen LogP contribution in [0.25, 0.3) is 27.9 Å². The van der Waals surface area contributed by atoms with Gasteiger partial charge in [0.1, 0.15) is 18.9 Å². The molecule has 0 aliphatic rings. The second kappa shape index (κ2) is 9.59. The zero-order valence-corrected chi connectivity index (χ0v) is 18.8. The number of amides is 1. The highest BCUT2D eigenvalue weighted by Gasteiger charge is 2.11. The highest BCUT2D eigenvalue weighted by Crippen LogP contribution is 2.21. The Bertz CT molecular complexity index is 1560. The summed E-state index contributed by atoms with van der Waals surface area (Å²) in [5, 5.41) is 16.0. The zero-order valence-electron chi connectivity index (χ0n) is 18.8. The molecule has 0 aliphatic carbocycles. The normalized spacial score (nSPS) is 11.0. The van der Waals surface area contributed by atoms with Crippen LogP contribution in [0.1, 0.15) is 0 Å². The molecule has 3 heterocycles. The van der Waals surface area contributed by atoms with Crippen LogP contribution in [0.2, 0.25) is 0 Å². The highest BCUT2D eigenvalue weighted by atomic mass is 16.5. The number of carbonyl (C=O) groups excluding carboxylic acids is 1. The number of para-hydroxylation sites is 1. The number of nitrogens with one attached hydrogen (secondary N) is 1. The Kier molecular flexibility index (Phi) is 6.03. The molecule has 0 radical (unpaired) electrons. The van der Waals surface area contributed by atoms with Crippen LogP contribution in [0.3, 0.4) is 0 Å². The quantitative estimate of drug-likeness (QED) is 0.339. The Morgan fingerprint density at radius 1 is 1.03 bits per heavy atom. The summed E-state index contributed by atoms with van der Waals surface area (Å²) < 4.78 is 13.8. The summed E-state index contributed by atoms with van der Waals surface area (Å²) in [5.41, 5.74) is 1.73. The molecule has 0 spiro atoms. The van der Waals surface area contributed by atoms with Crippen LogP contribution < -0.4 is 20.3 Å². The summed E-state index contributed by atoms with van der Waals surface area (Å²) in [5.74, 6) is 1.34. The summed E-state index contributed by atoms with van der Waals surface area (Å²) in [6.45, 7) is 0.295. The summed E-state index contributed by atoms with van der Waals surface area (Å²) in [7, 11) is 1.61. The number of ether oxygens (including phenoxy) is 2. The van der Waals surface area contributed by atoms with E-state index in [2.05, 4.69) is 25.6 Å². The molecule has 1 N–H and O–H groups in total. The van der Waals surface area contributed by atoms with Crippen LogP contribution in [-0.2, 0) is 11.3 Å². The van der Waals surface area contributed by atoms with Crippen molar-refractivity contribution in [1.29, 1.82) is 0 Å².